The standard InChI is InChI=1S/C13H16ClN3O2/c1-8-4-9-7-17(3-2-11(9)19-8)13(18)12-15-5-10(14)6-16-12/h5-6,8-9,11H,2-4,7H2,1H3/t8-,9-,11-/m0/s1. The molecule has 0 N–H and O–H groups in total. The zero-order valence-corrected chi connectivity index (χ0v) is 11.5. The normalized spacial score (nSPS) is 30.2. The van der Waals surface area contributed by atoms with Crippen molar-refractivity contribution in [3.63, 3.8) is 0 Å². The van der Waals surface area contributed by atoms with E-state index >= 15 is 0 Å². The van der Waals surface area contributed by atoms with Crippen molar-refractivity contribution >= 4 is 17.5 Å². The predicted octanol–water partition coefficient (Wildman–Crippen LogP) is 1.77. The average Bonchev–Trinajstić information content (AvgIpc) is 2.77. The highest BCUT2D eigenvalue weighted by molar-refractivity contribution is 6.30. The topological polar surface area (TPSA) is 55.3 Å². The Morgan fingerprint density at radius 3 is 2.95 bits per heavy atom. The van der Waals surface area contributed by atoms with Gasteiger partial charge in [0.15, 0.2) is 0 Å². The maximum atomic E-state index is 12.3. The van der Waals surface area contributed by atoms with Gasteiger partial charge in [-0.1, -0.05) is 11.6 Å². The molecule has 5 nitrogen and oxygen atoms in total. The molecule has 1 amide bonds. The molecule has 1 aromatic rings. The van der Waals surface area contributed by atoms with Crippen molar-refractivity contribution in [2.24, 2.45) is 5.92 Å². The third-order valence-corrected chi connectivity index (χ3v) is 4.00. The van der Waals surface area contributed by atoms with Gasteiger partial charge in [-0.15, -0.1) is 0 Å². The molecule has 0 bridgehead atoms. The lowest BCUT2D eigenvalue weighted by atomic mass is 9.93. The smallest absolute Gasteiger partial charge is 0.291 e. The van der Waals surface area contributed by atoms with E-state index in [1.54, 1.807) is 0 Å². The Morgan fingerprint density at radius 1 is 1.47 bits per heavy atom. The number of nitrogens with zero attached hydrogens (tertiary/aromatic N) is 3. The summed E-state index contributed by atoms with van der Waals surface area (Å²) >= 11 is 5.72. The average molecular weight is 282 g/mol. The molecule has 2 saturated heterocycles. The fraction of sp³-hybridized carbons (Fsp3) is 0.615. The van der Waals surface area contributed by atoms with E-state index in [0.29, 0.717) is 29.7 Å². The van der Waals surface area contributed by atoms with Gasteiger partial charge >= 0.3 is 0 Å². The lowest BCUT2D eigenvalue weighted by molar-refractivity contribution is 0.00832. The zero-order chi connectivity index (χ0) is 13.4. The number of likely N-dealkylation sites (tertiary alicyclic amines) is 1. The van der Waals surface area contributed by atoms with Gasteiger partial charge in [0.1, 0.15) is 0 Å². The van der Waals surface area contributed by atoms with Crippen LogP contribution in [0.2, 0.25) is 5.02 Å². The second-order valence-electron chi connectivity index (χ2n) is 5.25. The van der Waals surface area contributed by atoms with Crippen LogP contribution in [-0.2, 0) is 4.74 Å². The van der Waals surface area contributed by atoms with Gasteiger partial charge in [-0.05, 0) is 19.8 Å². The third kappa shape index (κ3) is 2.58. The van der Waals surface area contributed by atoms with Crippen LogP contribution < -0.4 is 0 Å². The summed E-state index contributed by atoms with van der Waals surface area (Å²) in [6.07, 6.45) is 5.44. The first-order chi connectivity index (χ1) is 9.13. The zero-order valence-electron chi connectivity index (χ0n) is 10.8. The minimum Gasteiger partial charge on any atom is -0.375 e. The van der Waals surface area contributed by atoms with E-state index in [4.69, 9.17) is 16.3 Å². The quantitative estimate of drug-likeness (QED) is 0.787. The van der Waals surface area contributed by atoms with Gasteiger partial charge in [0, 0.05) is 31.4 Å². The molecule has 3 rings (SSSR count). The monoisotopic (exact) mass is 281 g/mol. The molecule has 0 radical (unpaired) electrons. The molecule has 19 heavy (non-hydrogen) atoms. The Bertz CT molecular complexity index is 479. The molecule has 102 valence electrons. The van der Waals surface area contributed by atoms with Crippen molar-refractivity contribution < 1.29 is 9.53 Å². The van der Waals surface area contributed by atoms with Crippen molar-refractivity contribution in [1.29, 1.82) is 0 Å². The molecular formula is C13H16ClN3O2. The molecule has 0 aliphatic carbocycles. The first kappa shape index (κ1) is 12.8. The van der Waals surface area contributed by atoms with Crippen LogP contribution in [0.15, 0.2) is 12.4 Å². The number of aromatic nitrogens is 2. The minimum atomic E-state index is -0.116. The number of amides is 1. The molecule has 0 spiro atoms. The first-order valence-electron chi connectivity index (χ1n) is 6.56. The van der Waals surface area contributed by atoms with Crippen LogP contribution >= 0.6 is 11.6 Å². The Morgan fingerprint density at radius 2 is 2.21 bits per heavy atom. The van der Waals surface area contributed by atoms with Gasteiger partial charge in [-0.2, -0.15) is 0 Å². The number of ether oxygens (including phenoxy) is 1. The molecule has 0 aromatic carbocycles. The molecular weight excluding hydrogens is 266 g/mol. The minimum absolute atomic E-state index is 0.116. The van der Waals surface area contributed by atoms with Gasteiger partial charge in [0.05, 0.1) is 17.2 Å². The second-order valence-corrected chi connectivity index (χ2v) is 5.68. The van der Waals surface area contributed by atoms with Gasteiger partial charge < -0.3 is 9.64 Å². The van der Waals surface area contributed by atoms with Crippen molar-refractivity contribution in [3.8, 4) is 0 Å². The summed E-state index contributed by atoms with van der Waals surface area (Å²) < 4.78 is 5.83. The second kappa shape index (κ2) is 5.06. The van der Waals surface area contributed by atoms with Gasteiger partial charge in [-0.25, -0.2) is 9.97 Å². The van der Waals surface area contributed by atoms with E-state index in [0.717, 1.165) is 19.4 Å². The van der Waals surface area contributed by atoms with E-state index in [1.165, 1.54) is 12.4 Å². The molecule has 3 atom stereocenters. The Kier molecular flexibility index (Phi) is 3.41. The number of hydrogen-bond donors (Lipinski definition) is 0. The highest BCUT2D eigenvalue weighted by Gasteiger charge is 2.39. The Balaban J connectivity index is 1.70. The molecule has 0 saturated carbocycles. The number of carbonyl (C=O) groups is 1. The van der Waals surface area contributed by atoms with Gasteiger partial charge in [0.2, 0.25) is 5.82 Å². The SMILES string of the molecule is C[C@H]1C[C@H]2CN(C(=O)c3ncc(Cl)cn3)CC[C@@H]2O1. The summed E-state index contributed by atoms with van der Waals surface area (Å²) in [6, 6.07) is 0. The van der Waals surface area contributed by atoms with Gasteiger partial charge in [-0.3, -0.25) is 4.79 Å². The number of rotatable bonds is 1. The summed E-state index contributed by atoms with van der Waals surface area (Å²) in [5.74, 6) is 0.546. The summed E-state index contributed by atoms with van der Waals surface area (Å²) in [5.41, 5.74) is 0. The molecule has 2 aliphatic heterocycles. The number of fused-ring (bicyclic) bond motifs is 1. The summed E-state index contributed by atoms with van der Waals surface area (Å²) in [4.78, 5) is 22.1. The lowest BCUT2D eigenvalue weighted by Crippen LogP contribution is -2.44. The van der Waals surface area contributed by atoms with E-state index in [2.05, 4.69) is 16.9 Å². The molecule has 3 heterocycles. The molecule has 0 unspecified atom stereocenters. The van der Waals surface area contributed by atoms with Crippen LogP contribution in [0, 0.1) is 5.92 Å². The first-order valence-corrected chi connectivity index (χ1v) is 6.93. The van der Waals surface area contributed by atoms with E-state index in [1.807, 2.05) is 4.90 Å². The molecule has 2 fully saturated rings. The van der Waals surface area contributed by atoms with Crippen LogP contribution in [0.4, 0.5) is 0 Å². The number of halogens is 1. The van der Waals surface area contributed by atoms with E-state index < -0.39 is 0 Å². The number of piperidine rings is 1. The number of carbonyl (C=O) groups excluding carboxylic acids is 1. The highest BCUT2D eigenvalue weighted by atomic mass is 35.5. The molecule has 2 aliphatic rings. The van der Waals surface area contributed by atoms with Crippen LogP contribution in [-0.4, -0.2) is 46.1 Å². The Labute approximate surface area is 116 Å². The predicted molar refractivity (Wildman–Crippen MR) is 70.0 cm³/mol. The van der Waals surface area contributed by atoms with Crippen LogP contribution in [0.5, 0.6) is 0 Å². The lowest BCUT2D eigenvalue weighted by Gasteiger charge is -2.33. The largest absolute Gasteiger partial charge is 0.375 e. The molecule has 6 heteroatoms. The van der Waals surface area contributed by atoms with Crippen LogP contribution in [0.3, 0.4) is 0 Å². The third-order valence-electron chi connectivity index (χ3n) is 3.80. The number of hydrogen-bond acceptors (Lipinski definition) is 4. The fourth-order valence-electron chi connectivity index (χ4n) is 2.95. The van der Waals surface area contributed by atoms with Crippen LogP contribution in [0.1, 0.15) is 30.4 Å². The summed E-state index contributed by atoms with van der Waals surface area (Å²) in [5, 5.41) is 0.438. The van der Waals surface area contributed by atoms with Gasteiger partial charge in [0.25, 0.3) is 5.91 Å². The van der Waals surface area contributed by atoms with Crippen molar-refractivity contribution in [3.05, 3.63) is 23.2 Å². The van der Waals surface area contributed by atoms with Crippen molar-refractivity contribution in [2.45, 2.75) is 32.0 Å². The molecule has 1 aromatic heterocycles. The summed E-state index contributed by atoms with van der Waals surface area (Å²) in [7, 11) is 0. The van der Waals surface area contributed by atoms with Crippen molar-refractivity contribution in [2.75, 3.05) is 13.1 Å². The van der Waals surface area contributed by atoms with E-state index in [9.17, 15) is 4.79 Å². The van der Waals surface area contributed by atoms with E-state index in [-0.39, 0.29) is 11.7 Å². The van der Waals surface area contributed by atoms with Crippen LogP contribution in [0.25, 0.3) is 0 Å². The van der Waals surface area contributed by atoms with Crippen molar-refractivity contribution in [1.82, 2.24) is 14.9 Å². The maximum Gasteiger partial charge on any atom is 0.291 e. The summed E-state index contributed by atoms with van der Waals surface area (Å²) in [6.45, 7) is 3.53. The highest BCUT2D eigenvalue weighted by Crippen LogP contribution is 2.32. The Hall–Kier alpha value is -1.20. The maximum absolute atomic E-state index is 12.3. The fourth-order valence-corrected chi connectivity index (χ4v) is 3.04.